The van der Waals surface area contributed by atoms with Gasteiger partial charge < -0.3 is 15.3 Å². The molecule has 5 nitrogen and oxygen atoms in total. The normalized spacial score (nSPS) is 12.9. The van der Waals surface area contributed by atoms with Crippen molar-refractivity contribution < 1.29 is 14.7 Å². The highest BCUT2D eigenvalue weighted by molar-refractivity contribution is 5.83. The number of carboxylic acids is 1. The van der Waals surface area contributed by atoms with Gasteiger partial charge in [-0.05, 0) is 33.1 Å². The summed E-state index contributed by atoms with van der Waals surface area (Å²) in [6, 6.07) is -1.23. The maximum absolute atomic E-state index is 12.2. The van der Waals surface area contributed by atoms with Crippen LogP contribution in [0.5, 0.6) is 0 Å². The quantitative estimate of drug-likeness (QED) is 0.728. The lowest BCUT2D eigenvalue weighted by Crippen LogP contribution is -2.54. The molecule has 0 saturated heterocycles. The largest absolute Gasteiger partial charge is 0.480 e. The van der Waals surface area contributed by atoms with Crippen molar-refractivity contribution in [3.63, 3.8) is 0 Å². The van der Waals surface area contributed by atoms with Crippen LogP contribution < -0.4 is 5.32 Å². The van der Waals surface area contributed by atoms with Gasteiger partial charge in [0.05, 0.1) is 0 Å². The minimum Gasteiger partial charge on any atom is -0.480 e. The van der Waals surface area contributed by atoms with E-state index in [1.807, 2.05) is 34.6 Å². The second-order valence-corrected chi connectivity index (χ2v) is 6.04. The van der Waals surface area contributed by atoms with E-state index in [0.29, 0.717) is 13.0 Å². The van der Waals surface area contributed by atoms with E-state index in [2.05, 4.69) is 11.9 Å². The number of nitrogens with one attached hydrogen (secondary N) is 1. The van der Waals surface area contributed by atoms with E-state index >= 15 is 0 Å². The predicted octanol–water partition coefficient (Wildman–Crippen LogP) is 2.48. The Morgan fingerprint density at radius 2 is 1.89 bits per heavy atom. The topological polar surface area (TPSA) is 69.6 Å². The summed E-state index contributed by atoms with van der Waals surface area (Å²) < 4.78 is 0. The van der Waals surface area contributed by atoms with Crippen molar-refractivity contribution in [1.29, 1.82) is 0 Å². The summed E-state index contributed by atoms with van der Waals surface area (Å²) in [5.41, 5.74) is -0.390. The number of nitrogens with zero attached hydrogens (tertiary/aromatic N) is 1. The van der Waals surface area contributed by atoms with E-state index < -0.39 is 12.0 Å². The zero-order valence-electron chi connectivity index (χ0n) is 12.6. The molecule has 0 aliphatic rings. The molecule has 2 amide bonds. The van der Waals surface area contributed by atoms with Crippen LogP contribution in [0.2, 0.25) is 0 Å². The number of hydrogen-bond acceptors (Lipinski definition) is 2. The molecular weight excluding hydrogens is 244 g/mol. The van der Waals surface area contributed by atoms with Gasteiger partial charge in [-0.15, -0.1) is 6.58 Å². The number of rotatable bonds is 6. The Hall–Kier alpha value is -1.52. The Balaban J connectivity index is 4.85. The standard InChI is InChI=1S/C14H26N2O3/c1-7-8-16(14(4,5)6)13(19)15-11(12(17)18)9-10(2)3/h7,10-11H,1,8-9H2,2-6H3,(H,15,19)(H,17,18). The fourth-order valence-electron chi connectivity index (χ4n) is 1.71. The predicted molar refractivity (Wildman–Crippen MR) is 76.1 cm³/mol. The maximum atomic E-state index is 12.2. The molecule has 0 radical (unpaired) electrons. The summed E-state index contributed by atoms with van der Waals surface area (Å²) in [7, 11) is 0. The van der Waals surface area contributed by atoms with Crippen molar-refractivity contribution in [3.05, 3.63) is 12.7 Å². The first kappa shape index (κ1) is 17.5. The number of carboxylic acid groups (broad SMARTS) is 1. The number of aliphatic carboxylic acids is 1. The molecule has 5 heteroatoms. The van der Waals surface area contributed by atoms with Crippen LogP contribution in [0.15, 0.2) is 12.7 Å². The van der Waals surface area contributed by atoms with Crippen LogP contribution in [0.4, 0.5) is 4.79 Å². The SMILES string of the molecule is C=CCN(C(=O)NC(CC(C)C)C(=O)O)C(C)(C)C. The van der Waals surface area contributed by atoms with Crippen molar-refractivity contribution >= 4 is 12.0 Å². The Bertz CT molecular complexity index is 332. The van der Waals surface area contributed by atoms with Gasteiger partial charge in [-0.3, -0.25) is 0 Å². The van der Waals surface area contributed by atoms with Gasteiger partial charge in [0.15, 0.2) is 0 Å². The van der Waals surface area contributed by atoms with Crippen LogP contribution >= 0.6 is 0 Å². The molecule has 2 N–H and O–H groups in total. The molecule has 0 heterocycles. The minimum atomic E-state index is -1.01. The fourth-order valence-corrected chi connectivity index (χ4v) is 1.71. The highest BCUT2D eigenvalue weighted by Crippen LogP contribution is 2.14. The molecule has 0 aromatic carbocycles. The van der Waals surface area contributed by atoms with Gasteiger partial charge in [0.25, 0.3) is 0 Å². The van der Waals surface area contributed by atoms with Crippen LogP contribution in [0.1, 0.15) is 41.0 Å². The summed E-state index contributed by atoms with van der Waals surface area (Å²) >= 11 is 0. The third-order valence-corrected chi connectivity index (χ3v) is 2.67. The molecule has 0 saturated carbocycles. The van der Waals surface area contributed by atoms with Crippen LogP contribution in [-0.4, -0.2) is 40.1 Å². The summed E-state index contributed by atoms with van der Waals surface area (Å²) in [6.07, 6.45) is 2.04. The van der Waals surface area contributed by atoms with Crippen molar-refractivity contribution in [2.75, 3.05) is 6.54 Å². The second kappa shape index (κ2) is 7.16. The summed E-state index contributed by atoms with van der Waals surface area (Å²) in [5, 5.41) is 11.7. The van der Waals surface area contributed by atoms with E-state index in [4.69, 9.17) is 5.11 Å². The van der Waals surface area contributed by atoms with Gasteiger partial charge in [-0.1, -0.05) is 19.9 Å². The van der Waals surface area contributed by atoms with Crippen molar-refractivity contribution in [2.45, 2.75) is 52.6 Å². The molecule has 0 spiro atoms. The lowest BCUT2D eigenvalue weighted by Gasteiger charge is -2.35. The van der Waals surface area contributed by atoms with Gasteiger partial charge in [-0.2, -0.15) is 0 Å². The third kappa shape index (κ3) is 6.27. The molecule has 0 bridgehead atoms. The number of carbonyl (C=O) groups excluding carboxylic acids is 1. The van der Waals surface area contributed by atoms with Gasteiger partial charge >= 0.3 is 12.0 Å². The van der Waals surface area contributed by atoms with E-state index in [0.717, 1.165) is 0 Å². The molecule has 0 aromatic rings. The fraction of sp³-hybridized carbons (Fsp3) is 0.714. The number of hydrogen-bond donors (Lipinski definition) is 2. The van der Waals surface area contributed by atoms with Gasteiger partial charge in [0, 0.05) is 12.1 Å². The lowest BCUT2D eigenvalue weighted by atomic mass is 10.0. The minimum absolute atomic E-state index is 0.198. The van der Waals surface area contributed by atoms with Gasteiger partial charge in [0.2, 0.25) is 0 Å². The van der Waals surface area contributed by atoms with Crippen molar-refractivity contribution in [3.8, 4) is 0 Å². The number of carbonyl (C=O) groups is 2. The Morgan fingerprint density at radius 3 is 2.21 bits per heavy atom. The van der Waals surface area contributed by atoms with E-state index in [1.54, 1.807) is 11.0 Å². The van der Waals surface area contributed by atoms with Gasteiger partial charge in [0.1, 0.15) is 6.04 Å². The molecular formula is C14H26N2O3. The summed E-state index contributed by atoms with van der Waals surface area (Å²) in [4.78, 5) is 24.9. The van der Waals surface area contributed by atoms with Crippen LogP contribution in [0, 0.1) is 5.92 Å². The third-order valence-electron chi connectivity index (χ3n) is 2.67. The first-order valence-corrected chi connectivity index (χ1v) is 6.51. The van der Waals surface area contributed by atoms with E-state index in [1.165, 1.54) is 0 Å². The van der Waals surface area contributed by atoms with Crippen LogP contribution in [-0.2, 0) is 4.79 Å². The molecule has 0 aliphatic carbocycles. The Labute approximate surface area is 115 Å². The number of amides is 2. The first-order valence-electron chi connectivity index (χ1n) is 6.51. The smallest absolute Gasteiger partial charge is 0.326 e. The van der Waals surface area contributed by atoms with E-state index in [9.17, 15) is 9.59 Å². The van der Waals surface area contributed by atoms with Crippen molar-refractivity contribution in [1.82, 2.24) is 10.2 Å². The first-order chi connectivity index (χ1) is 8.59. The molecule has 19 heavy (non-hydrogen) atoms. The van der Waals surface area contributed by atoms with E-state index in [-0.39, 0.29) is 17.5 Å². The molecule has 0 rings (SSSR count). The zero-order chi connectivity index (χ0) is 15.2. The maximum Gasteiger partial charge on any atom is 0.326 e. The average molecular weight is 270 g/mol. The molecule has 1 atom stereocenters. The highest BCUT2D eigenvalue weighted by Gasteiger charge is 2.29. The molecule has 0 aliphatic heterocycles. The number of urea groups is 1. The second-order valence-electron chi connectivity index (χ2n) is 6.04. The zero-order valence-corrected chi connectivity index (χ0v) is 12.6. The lowest BCUT2D eigenvalue weighted by molar-refractivity contribution is -0.139. The molecule has 0 fully saturated rings. The molecule has 0 aromatic heterocycles. The average Bonchev–Trinajstić information content (AvgIpc) is 2.22. The molecule has 110 valence electrons. The monoisotopic (exact) mass is 270 g/mol. The molecule has 1 unspecified atom stereocenters. The highest BCUT2D eigenvalue weighted by atomic mass is 16.4. The van der Waals surface area contributed by atoms with Crippen molar-refractivity contribution in [2.24, 2.45) is 5.92 Å². The summed E-state index contributed by atoms with van der Waals surface area (Å²) in [6.45, 7) is 13.5. The van der Waals surface area contributed by atoms with Gasteiger partial charge in [-0.25, -0.2) is 9.59 Å². The Kier molecular flexibility index (Phi) is 6.59. The van der Waals surface area contributed by atoms with Crippen LogP contribution in [0.25, 0.3) is 0 Å². The summed E-state index contributed by atoms with van der Waals surface area (Å²) in [5.74, 6) is -0.807. The Morgan fingerprint density at radius 1 is 1.37 bits per heavy atom. The van der Waals surface area contributed by atoms with Crippen LogP contribution in [0.3, 0.4) is 0 Å².